The van der Waals surface area contributed by atoms with Crippen molar-refractivity contribution < 1.29 is 22.0 Å². The van der Waals surface area contributed by atoms with Crippen LogP contribution in [0.3, 0.4) is 0 Å². The van der Waals surface area contributed by atoms with Gasteiger partial charge in [0.2, 0.25) is 10.0 Å². The van der Waals surface area contributed by atoms with E-state index in [-0.39, 0.29) is 22.8 Å². The predicted molar refractivity (Wildman–Crippen MR) is 119 cm³/mol. The number of thiazole rings is 1. The third-order valence-electron chi connectivity index (χ3n) is 4.58. The number of rotatable bonds is 7. The van der Waals surface area contributed by atoms with Gasteiger partial charge in [0.05, 0.1) is 23.4 Å². The lowest BCUT2D eigenvalue weighted by Crippen LogP contribution is -2.23. The number of amides is 1. The van der Waals surface area contributed by atoms with Crippen LogP contribution in [-0.4, -0.2) is 19.3 Å². The van der Waals surface area contributed by atoms with Gasteiger partial charge in [0, 0.05) is 16.0 Å². The van der Waals surface area contributed by atoms with E-state index in [4.69, 9.17) is 4.42 Å². The molecule has 4 aromatic rings. The Labute approximate surface area is 188 Å². The number of anilines is 1. The van der Waals surface area contributed by atoms with Gasteiger partial charge in [0.15, 0.2) is 5.13 Å². The lowest BCUT2D eigenvalue weighted by atomic mass is 10.1. The second-order valence-electron chi connectivity index (χ2n) is 6.81. The molecule has 4 rings (SSSR count). The molecule has 0 saturated carbocycles. The van der Waals surface area contributed by atoms with Crippen molar-refractivity contribution >= 4 is 32.4 Å². The number of carbonyl (C=O) groups excluding carboxylic acids is 1. The van der Waals surface area contributed by atoms with Crippen LogP contribution < -0.4 is 10.0 Å². The van der Waals surface area contributed by atoms with Crippen molar-refractivity contribution in [3.05, 3.63) is 88.9 Å². The molecule has 2 N–H and O–H groups in total. The molecule has 0 fully saturated rings. The highest BCUT2D eigenvalue weighted by molar-refractivity contribution is 7.89. The van der Waals surface area contributed by atoms with Crippen LogP contribution in [0.5, 0.6) is 0 Å². The van der Waals surface area contributed by atoms with E-state index >= 15 is 0 Å². The maximum Gasteiger partial charge on any atom is 0.257 e. The highest BCUT2D eigenvalue weighted by Gasteiger charge is 2.17. The van der Waals surface area contributed by atoms with Gasteiger partial charge >= 0.3 is 0 Å². The van der Waals surface area contributed by atoms with Gasteiger partial charge in [-0.05, 0) is 67.6 Å². The summed E-state index contributed by atoms with van der Waals surface area (Å²) in [5.41, 5.74) is 1.69. The van der Waals surface area contributed by atoms with Crippen LogP contribution in [0.15, 0.2) is 76.2 Å². The largest absolute Gasteiger partial charge is 0.468 e. The fourth-order valence-corrected chi connectivity index (χ4v) is 4.77. The average molecular weight is 472 g/mol. The Kier molecular flexibility index (Phi) is 6.17. The van der Waals surface area contributed by atoms with Crippen molar-refractivity contribution in [2.75, 3.05) is 5.32 Å². The normalized spacial score (nSPS) is 11.4. The molecule has 7 nitrogen and oxygen atoms in total. The number of nitrogens with zero attached hydrogens (tertiary/aromatic N) is 1. The zero-order valence-electron chi connectivity index (χ0n) is 16.8. The Morgan fingerprint density at radius 3 is 2.47 bits per heavy atom. The fourth-order valence-electron chi connectivity index (χ4n) is 2.94. The molecule has 2 heterocycles. The number of furan rings is 1. The molecular formula is C22H18FN3O4S2. The molecule has 0 aliphatic rings. The average Bonchev–Trinajstić information content (AvgIpc) is 3.43. The standard InChI is InChI=1S/C22H18FN3O4S2/c1-14-20(15-4-8-17(23)9-5-15)25-22(31-14)26-21(27)16-6-10-19(11-7-16)32(28,29)24-13-18-3-2-12-30-18/h2-12,24H,13H2,1H3,(H,25,26,27). The molecule has 2 aromatic heterocycles. The second kappa shape index (κ2) is 9.03. The number of carbonyl (C=O) groups is 1. The van der Waals surface area contributed by atoms with Gasteiger partial charge in [-0.2, -0.15) is 0 Å². The summed E-state index contributed by atoms with van der Waals surface area (Å²) >= 11 is 1.30. The first-order valence-electron chi connectivity index (χ1n) is 9.49. The van der Waals surface area contributed by atoms with Crippen molar-refractivity contribution in [1.82, 2.24) is 9.71 Å². The van der Waals surface area contributed by atoms with E-state index < -0.39 is 15.9 Å². The second-order valence-corrected chi connectivity index (χ2v) is 9.78. The van der Waals surface area contributed by atoms with E-state index in [0.717, 1.165) is 10.4 Å². The van der Waals surface area contributed by atoms with E-state index in [1.165, 1.54) is 54.0 Å². The van der Waals surface area contributed by atoms with Gasteiger partial charge < -0.3 is 4.42 Å². The number of benzene rings is 2. The molecule has 0 saturated heterocycles. The Morgan fingerprint density at radius 2 is 1.81 bits per heavy atom. The number of aryl methyl sites for hydroxylation is 1. The molecule has 0 bridgehead atoms. The van der Waals surface area contributed by atoms with Gasteiger partial charge in [-0.25, -0.2) is 22.5 Å². The topological polar surface area (TPSA) is 101 Å². The molecule has 0 aliphatic carbocycles. The summed E-state index contributed by atoms with van der Waals surface area (Å²) in [5.74, 6) is -0.267. The first kappa shape index (κ1) is 21.9. The van der Waals surface area contributed by atoms with Crippen LogP contribution in [0.1, 0.15) is 21.0 Å². The maximum absolute atomic E-state index is 13.2. The fraction of sp³-hybridized carbons (Fsp3) is 0.0909. The van der Waals surface area contributed by atoms with E-state index in [2.05, 4.69) is 15.0 Å². The zero-order valence-corrected chi connectivity index (χ0v) is 18.5. The molecule has 164 valence electrons. The molecule has 2 aromatic carbocycles. The Morgan fingerprint density at radius 1 is 1.09 bits per heavy atom. The highest BCUT2D eigenvalue weighted by Crippen LogP contribution is 2.30. The van der Waals surface area contributed by atoms with Crippen LogP contribution in [0.2, 0.25) is 0 Å². The number of hydrogen-bond donors (Lipinski definition) is 2. The summed E-state index contributed by atoms with van der Waals surface area (Å²) in [7, 11) is -3.75. The third kappa shape index (κ3) is 4.93. The molecule has 10 heteroatoms. The molecule has 0 unspecified atom stereocenters. The van der Waals surface area contributed by atoms with E-state index in [9.17, 15) is 17.6 Å². The predicted octanol–water partition coefficient (Wildman–Crippen LogP) is 4.58. The minimum Gasteiger partial charge on any atom is -0.468 e. The van der Waals surface area contributed by atoms with Gasteiger partial charge in [-0.3, -0.25) is 10.1 Å². The molecular weight excluding hydrogens is 453 g/mol. The molecule has 0 atom stereocenters. The van der Waals surface area contributed by atoms with Crippen LogP contribution >= 0.6 is 11.3 Å². The smallest absolute Gasteiger partial charge is 0.257 e. The summed E-state index contributed by atoms with van der Waals surface area (Å²) in [4.78, 5) is 17.9. The van der Waals surface area contributed by atoms with Crippen molar-refractivity contribution in [2.24, 2.45) is 0 Å². The lowest BCUT2D eigenvalue weighted by Gasteiger charge is -2.07. The first-order chi connectivity index (χ1) is 15.3. The summed E-state index contributed by atoms with van der Waals surface area (Å²) < 4.78 is 45.5. The van der Waals surface area contributed by atoms with Crippen molar-refractivity contribution in [3.63, 3.8) is 0 Å². The highest BCUT2D eigenvalue weighted by atomic mass is 32.2. The lowest BCUT2D eigenvalue weighted by molar-refractivity contribution is 0.102. The zero-order chi connectivity index (χ0) is 22.7. The van der Waals surface area contributed by atoms with Crippen LogP contribution in [0.25, 0.3) is 11.3 Å². The minimum atomic E-state index is -3.75. The third-order valence-corrected chi connectivity index (χ3v) is 6.88. The number of nitrogens with one attached hydrogen (secondary N) is 2. The monoisotopic (exact) mass is 471 g/mol. The summed E-state index contributed by atoms with van der Waals surface area (Å²) in [6.45, 7) is 1.89. The molecule has 0 radical (unpaired) electrons. The quantitative estimate of drug-likeness (QED) is 0.411. The van der Waals surface area contributed by atoms with Crippen LogP contribution in [-0.2, 0) is 16.6 Å². The maximum atomic E-state index is 13.2. The van der Waals surface area contributed by atoms with Gasteiger partial charge in [0.1, 0.15) is 11.6 Å². The summed E-state index contributed by atoms with van der Waals surface area (Å²) in [5, 5.41) is 3.11. The number of halogens is 1. The van der Waals surface area contributed by atoms with Crippen molar-refractivity contribution in [2.45, 2.75) is 18.4 Å². The SMILES string of the molecule is Cc1sc(NC(=O)c2ccc(S(=O)(=O)NCc3ccco3)cc2)nc1-c1ccc(F)cc1. The van der Waals surface area contributed by atoms with Gasteiger partial charge in [0.25, 0.3) is 5.91 Å². The van der Waals surface area contributed by atoms with E-state index in [1.54, 1.807) is 24.3 Å². The van der Waals surface area contributed by atoms with Gasteiger partial charge in [-0.15, -0.1) is 11.3 Å². The van der Waals surface area contributed by atoms with Gasteiger partial charge in [-0.1, -0.05) is 0 Å². The molecule has 0 aliphatic heterocycles. The minimum absolute atomic E-state index is 0.0252. The van der Waals surface area contributed by atoms with Crippen molar-refractivity contribution in [3.8, 4) is 11.3 Å². The summed E-state index contributed by atoms with van der Waals surface area (Å²) in [6, 6.07) is 14.9. The van der Waals surface area contributed by atoms with E-state index in [0.29, 0.717) is 16.6 Å². The molecule has 0 spiro atoms. The Bertz CT molecular complexity index is 1330. The van der Waals surface area contributed by atoms with Crippen molar-refractivity contribution in [1.29, 1.82) is 0 Å². The van der Waals surface area contributed by atoms with E-state index in [1.807, 2.05) is 6.92 Å². The summed E-state index contributed by atoms with van der Waals surface area (Å²) in [6.07, 6.45) is 1.46. The number of sulfonamides is 1. The number of hydrogen-bond acceptors (Lipinski definition) is 6. The molecule has 1 amide bonds. The Hall–Kier alpha value is -3.34. The van der Waals surface area contributed by atoms with Crippen LogP contribution in [0.4, 0.5) is 9.52 Å². The first-order valence-corrected chi connectivity index (χ1v) is 11.8. The number of aromatic nitrogens is 1. The molecule has 32 heavy (non-hydrogen) atoms. The van der Waals surface area contributed by atoms with Crippen LogP contribution in [0, 0.1) is 12.7 Å². The Balaban J connectivity index is 1.44.